The molecule has 0 spiro atoms. The molecule has 0 aromatic rings. The quantitative estimate of drug-likeness (QED) is 0.502. The maximum Gasteiger partial charge on any atom is 0.00104 e. The highest BCUT2D eigenvalue weighted by Crippen LogP contribution is 2.12. The molecular formula is C15H33N. The van der Waals surface area contributed by atoms with Crippen molar-refractivity contribution in [1.29, 1.82) is 0 Å². The second kappa shape index (κ2) is 11.4. The monoisotopic (exact) mass is 227 g/mol. The highest BCUT2D eigenvalue weighted by molar-refractivity contribution is 4.60. The van der Waals surface area contributed by atoms with Gasteiger partial charge >= 0.3 is 0 Å². The largest absolute Gasteiger partial charge is 0.314 e. The van der Waals surface area contributed by atoms with Crippen molar-refractivity contribution in [2.75, 3.05) is 6.54 Å². The Morgan fingerprint density at radius 3 is 1.94 bits per heavy atom. The van der Waals surface area contributed by atoms with Crippen LogP contribution in [0.1, 0.15) is 79.1 Å². The van der Waals surface area contributed by atoms with Gasteiger partial charge in [-0.15, -0.1) is 0 Å². The summed E-state index contributed by atoms with van der Waals surface area (Å²) in [5.74, 6) is 0.845. The summed E-state index contributed by atoms with van der Waals surface area (Å²) >= 11 is 0. The number of hydrogen-bond acceptors (Lipinski definition) is 1. The minimum absolute atomic E-state index is 0.636. The van der Waals surface area contributed by atoms with Crippen molar-refractivity contribution in [3.05, 3.63) is 0 Å². The molecular weight excluding hydrogens is 194 g/mol. The number of nitrogens with one attached hydrogen (secondary N) is 1. The Kier molecular flexibility index (Phi) is 11.4. The van der Waals surface area contributed by atoms with Gasteiger partial charge in [0.05, 0.1) is 0 Å². The van der Waals surface area contributed by atoms with Crippen molar-refractivity contribution in [2.24, 2.45) is 5.92 Å². The number of unbranched alkanes of at least 4 members (excludes halogenated alkanes) is 6. The van der Waals surface area contributed by atoms with Crippen molar-refractivity contribution in [3.63, 3.8) is 0 Å². The smallest absolute Gasteiger partial charge is 0.00104 e. The van der Waals surface area contributed by atoms with E-state index in [1.807, 2.05) is 0 Å². The van der Waals surface area contributed by atoms with Gasteiger partial charge in [0, 0.05) is 6.04 Å². The van der Waals surface area contributed by atoms with E-state index in [-0.39, 0.29) is 0 Å². The van der Waals surface area contributed by atoms with Crippen LogP contribution < -0.4 is 5.32 Å². The summed E-state index contributed by atoms with van der Waals surface area (Å²) in [6, 6.07) is 0.636. The molecule has 0 aromatic carbocycles. The van der Waals surface area contributed by atoms with Gasteiger partial charge < -0.3 is 5.32 Å². The van der Waals surface area contributed by atoms with E-state index in [4.69, 9.17) is 0 Å². The van der Waals surface area contributed by atoms with Crippen LogP contribution in [0.25, 0.3) is 0 Å². The molecule has 0 aliphatic rings. The molecule has 0 aromatic heterocycles. The Hall–Kier alpha value is -0.0400. The zero-order valence-electron chi connectivity index (χ0n) is 12.0. The molecule has 0 saturated heterocycles. The molecule has 0 saturated carbocycles. The molecule has 0 fully saturated rings. The molecule has 1 unspecified atom stereocenters. The molecule has 0 rings (SSSR count). The first-order valence-corrected chi connectivity index (χ1v) is 7.40. The summed E-state index contributed by atoms with van der Waals surface area (Å²) in [5, 5.41) is 3.51. The Morgan fingerprint density at radius 1 is 0.812 bits per heavy atom. The fraction of sp³-hybridized carbons (Fsp3) is 1.00. The number of rotatable bonds is 11. The minimum Gasteiger partial charge on any atom is -0.314 e. The molecule has 0 amide bonds. The lowest BCUT2D eigenvalue weighted by Crippen LogP contribution is -2.27. The van der Waals surface area contributed by atoms with E-state index in [2.05, 4.69) is 33.0 Å². The van der Waals surface area contributed by atoms with Crippen molar-refractivity contribution in [2.45, 2.75) is 85.1 Å². The predicted molar refractivity (Wildman–Crippen MR) is 74.9 cm³/mol. The summed E-state index contributed by atoms with van der Waals surface area (Å²) in [5.41, 5.74) is 0. The first kappa shape index (κ1) is 16.0. The maximum absolute atomic E-state index is 3.51. The fourth-order valence-corrected chi connectivity index (χ4v) is 1.99. The molecule has 0 heterocycles. The third-order valence-corrected chi connectivity index (χ3v) is 3.18. The summed E-state index contributed by atoms with van der Waals surface area (Å²) in [6.45, 7) is 10.3. The van der Waals surface area contributed by atoms with Gasteiger partial charge in [0.1, 0.15) is 0 Å². The van der Waals surface area contributed by atoms with E-state index in [0.29, 0.717) is 6.04 Å². The van der Waals surface area contributed by atoms with E-state index in [1.54, 1.807) is 0 Å². The van der Waals surface area contributed by atoms with Crippen LogP contribution in [0.4, 0.5) is 0 Å². The van der Waals surface area contributed by atoms with E-state index in [1.165, 1.54) is 57.9 Å². The van der Waals surface area contributed by atoms with Gasteiger partial charge in [-0.2, -0.15) is 0 Å². The van der Waals surface area contributed by atoms with Crippen LogP contribution in [0, 0.1) is 5.92 Å². The van der Waals surface area contributed by atoms with Crippen LogP contribution in [0.5, 0.6) is 0 Å². The van der Waals surface area contributed by atoms with E-state index < -0.39 is 0 Å². The third kappa shape index (κ3) is 12.0. The predicted octanol–water partition coefficient (Wildman–Crippen LogP) is 4.76. The van der Waals surface area contributed by atoms with Crippen molar-refractivity contribution in [3.8, 4) is 0 Å². The van der Waals surface area contributed by atoms with Crippen LogP contribution >= 0.6 is 0 Å². The Labute approximate surface area is 103 Å². The van der Waals surface area contributed by atoms with Gasteiger partial charge in [-0.1, -0.05) is 72.6 Å². The summed E-state index contributed by atoms with van der Waals surface area (Å²) in [6.07, 6.45) is 11.4. The van der Waals surface area contributed by atoms with Crippen molar-refractivity contribution >= 4 is 0 Å². The SMILES string of the molecule is CCCCCCCCCC(C)CNC(C)C. The van der Waals surface area contributed by atoms with Crippen LogP contribution in [-0.4, -0.2) is 12.6 Å². The third-order valence-electron chi connectivity index (χ3n) is 3.18. The Balaban J connectivity index is 3.12. The highest BCUT2D eigenvalue weighted by atomic mass is 14.9. The van der Waals surface area contributed by atoms with Crippen LogP contribution in [-0.2, 0) is 0 Å². The lowest BCUT2D eigenvalue weighted by atomic mass is 10.0. The first-order chi connectivity index (χ1) is 7.66. The lowest BCUT2D eigenvalue weighted by Gasteiger charge is -2.14. The van der Waals surface area contributed by atoms with E-state index in [0.717, 1.165) is 5.92 Å². The van der Waals surface area contributed by atoms with Crippen molar-refractivity contribution in [1.82, 2.24) is 5.32 Å². The molecule has 1 N–H and O–H groups in total. The summed E-state index contributed by atoms with van der Waals surface area (Å²) in [7, 11) is 0. The molecule has 0 aliphatic heterocycles. The van der Waals surface area contributed by atoms with E-state index >= 15 is 0 Å². The van der Waals surface area contributed by atoms with Gasteiger partial charge in [-0.05, 0) is 18.9 Å². The first-order valence-electron chi connectivity index (χ1n) is 7.40. The van der Waals surface area contributed by atoms with E-state index in [9.17, 15) is 0 Å². The molecule has 16 heavy (non-hydrogen) atoms. The molecule has 0 radical (unpaired) electrons. The van der Waals surface area contributed by atoms with Gasteiger partial charge in [0.15, 0.2) is 0 Å². The average Bonchev–Trinajstić information content (AvgIpc) is 2.25. The van der Waals surface area contributed by atoms with Gasteiger partial charge in [0.2, 0.25) is 0 Å². The molecule has 1 heteroatoms. The average molecular weight is 227 g/mol. The van der Waals surface area contributed by atoms with Gasteiger partial charge in [-0.3, -0.25) is 0 Å². The zero-order valence-corrected chi connectivity index (χ0v) is 12.0. The summed E-state index contributed by atoms with van der Waals surface area (Å²) < 4.78 is 0. The highest BCUT2D eigenvalue weighted by Gasteiger charge is 2.02. The maximum atomic E-state index is 3.51. The molecule has 0 aliphatic carbocycles. The minimum atomic E-state index is 0.636. The van der Waals surface area contributed by atoms with Gasteiger partial charge in [0.25, 0.3) is 0 Å². The molecule has 1 nitrogen and oxygen atoms in total. The van der Waals surface area contributed by atoms with Gasteiger partial charge in [-0.25, -0.2) is 0 Å². The normalized spacial score (nSPS) is 13.3. The molecule has 98 valence electrons. The number of hydrogen-bond donors (Lipinski definition) is 1. The molecule has 1 atom stereocenters. The second-order valence-electron chi connectivity index (χ2n) is 5.58. The summed E-state index contributed by atoms with van der Waals surface area (Å²) in [4.78, 5) is 0. The van der Waals surface area contributed by atoms with Crippen molar-refractivity contribution < 1.29 is 0 Å². The van der Waals surface area contributed by atoms with Crippen LogP contribution in [0.2, 0.25) is 0 Å². The lowest BCUT2D eigenvalue weighted by molar-refractivity contribution is 0.431. The fourth-order valence-electron chi connectivity index (χ4n) is 1.99. The zero-order chi connectivity index (χ0) is 12.2. The second-order valence-corrected chi connectivity index (χ2v) is 5.58. The Morgan fingerprint density at radius 2 is 1.38 bits per heavy atom. The standard InChI is InChI=1S/C15H33N/c1-5-6-7-8-9-10-11-12-15(4)13-16-14(2)3/h14-16H,5-13H2,1-4H3. The molecule has 0 bridgehead atoms. The van der Waals surface area contributed by atoms with Crippen LogP contribution in [0.15, 0.2) is 0 Å². The topological polar surface area (TPSA) is 12.0 Å². The Bertz CT molecular complexity index is 131. The van der Waals surface area contributed by atoms with Crippen LogP contribution in [0.3, 0.4) is 0 Å².